The summed E-state index contributed by atoms with van der Waals surface area (Å²) < 4.78 is 132. The van der Waals surface area contributed by atoms with Crippen molar-refractivity contribution in [3.05, 3.63) is 76.6 Å². The fourth-order valence-electron chi connectivity index (χ4n) is 7.13. The van der Waals surface area contributed by atoms with Crippen LogP contribution in [0.2, 0.25) is 0 Å². The maximum atomic E-state index is 14.2. The highest BCUT2D eigenvalue weighted by Crippen LogP contribution is 2.41. The highest BCUT2D eigenvalue weighted by Gasteiger charge is 2.39. The van der Waals surface area contributed by atoms with Crippen molar-refractivity contribution in [3.63, 3.8) is 0 Å². The molecular formula is C38H45F9N4O3S. The van der Waals surface area contributed by atoms with Crippen molar-refractivity contribution in [1.82, 2.24) is 9.97 Å². The fraction of sp³-hybridized carbons (Fsp3) is 0.553. The van der Waals surface area contributed by atoms with Crippen LogP contribution >= 0.6 is 11.8 Å². The van der Waals surface area contributed by atoms with E-state index in [1.807, 2.05) is 25.0 Å². The molecular weight excluding hydrogens is 763 g/mol. The molecule has 0 saturated heterocycles. The number of alkyl halides is 9. The molecule has 2 unspecified atom stereocenters. The smallest absolute Gasteiger partial charge is 0.416 e. The first-order chi connectivity index (χ1) is 25.8. The minimum Gasteiger partial charge on any atom is -0.489 e. The highest BCUT2D eigenvalue weighted by atomic mass is 32.2. The average Bonchev–Trinajstić information content (AvgIpc) is 3.12. The molecule has 0 aliphatic heterocycles. The minimum atomic E-state index is -5.13. The number of hydrogen-bond acceptors (Lipinski definition) is 7. The molecule has 1 heterocycles. The Hall–Kier alpha value is -3.89. The molecule has 3 aromatic rings. The fourth-order valence-corrected chi connectivity index (χ4v) is 7.38. The molecule has 0 radical (unpaired) electrons. The summed E-state index contributed by atoms with van der Waals surface area (Å²) in [5.41, 5.74) is -3.99. The number of aliphatic carboxylic acids is 1. The standard InChI is InChI=1S/C38H45F9N4O3S/c1-5-32(34(52)53)25-9-7-24(8-10-25)21-50(6-2)33-12-11-28(36(39,40)41)17-27(33)22-51(35-48-19-31(20-49-35)54-13-14-55-4)23(3)26-15-29(37(42,43)44)18-30(16-26)38(45,46)47/h11-12,15-20,23-25,32H,5-10,13-14,21-22H2,1-4H3,(H,52,53). The monoisotopic (exact) mass is 808 g/mol. The molecule has 1 aromatic heterocycles. The third-order valence-electron chi connectivity index (χ3n) is 10.2. The summed E-state index contributed by atoms with van der Waals surface area (Å²) in [6.45, 7) is 5.67. The van der Waals surface area contributed by atoms with Crippen molar-refractivity contribution >= 4 is 29.4 Å². The molecule has 0 spiro atoms. The third-order valence-corrected chi connectivity index (χ3v) is 10.7. The summed E-state index contributed by atoms with van der Waals surface area (Å²) in [4.78, 5) is 23.5. The number of carboxylic acids is 1. The van der Waals surface area contributed by atoms with Gasteiger partial charge in [-0.15, -0.1) is 0 Å². The number of thioether (sulfide) groups is 1. The first-order valence-electron chi connectivity index (χ1n) is 17.9. The maximum absolute atomic E-state index is 14.2. The van der Waals surface area contributed by atoms with Gasteiger partial charge < -0.3 is 19.6 Å². The summed E-state index contributed by atoms with van der Waals surface area (Å²) in [5.74, 6) is -0.469. The molecule has 1 saturated carbocycles. The number of benzene rings is 2. The first kappa shape index (κ1) is 43.8. The predicted octanol–water partition coefficient (Wildman–Crippen LogP) is 10.8. The van der Waals surface area contributed by atoms with Crippen molar-refractivity contribution in [2.45, 2.75) is 84.0 Å². The van der Waals surface area contributed by atoms with Gasteiger partial charge in [0.25, 0.3) is 0 Å². The van der Waals surface area contributed by atoms with E-state index >= 15 is 0 Å². The Balaban J connectivity index is 1.79. The van der Waals surface area contributed by atoms with Gasteiger partial charge in [-0.05, 0) is 112 Å². The van der Waals surface area contributed by atoms with Crippen LogP contribution in [0, 0.1) is 17.8 Å². The minimum absolute atomic E-state index is 0.0132. The van der Waals surface area contributed by atoms with E-state index in [4.69, 9.17) is 4.74 Å². The lowest BCUT2D eigenvalue weighted by Gasteiger charge is -2.37. The van der Waals surface area contributed by atoms with Crippen LogP contribution in [0.1, 0.15) is 86.7 Å². The Morgan fingerprint density at radius 1 is 0.891 bits per heavy atom. The van der Waals surface area contributed by atoms with E-state index in [9.17, 15) is 49.4 Å². The van der Waals surface area contributed by atoms with E-state index in [1.54, 1.807) is 0 Å². The summed E-state index contributed by atoms with van der Waals surface area (Å²) in [6.07, 6.45) is -7.31. The zero-order chi connectivity index (χ0) is 40.7. The largest absolute Gasteiger partial charge is 0.489 e. The van der Waals surface area contributed by atoms with Gasteiger partial charge in [0.1, 0.15) is 0 Å². The molecule has 7 nitrogen and oxygen atoms in total. The zero-order valence-corrected chi connectivity index (χ0v) is 31.7. The van der Waals surface area contributed by atoms with Gasteiger partial charge in [-0.1, -0.05) is 6.92 Å². The lowest BCUT2D eigenvalue weighted by molar-refractivity contribution is -0.145. The summed E-state index contributed by atoms with van der Waals surface area (Å²) >= 11 is 1.52. The first-order valence-corrected chi connectivity index (χ1v) is 19.3. The number of ether oxygens (including phenoxy) is 1. The molecule has 1 aliphatic rings. The normalized spacial score (nSPS) is 17.8. The Bertz CT molecular complexity index is 1680. The van der Waals surface area contributed by atoms with Crippen LogP contribution in [0.4, 0.5) is 51.1 Å². The number of halogens is 9. The van der Waals surface area contributed by atoms with Gasteiger partial charge in [-0.2, -0.15) is 51.3 Å². The predicted molar refractivity (Wildman–Crippen MR) is 193 cm³/mol. The van der Waals surface area contributed by atoms with Crippen LogP contribution in [0.25, 0.3) is 0 Å². The summed E-state index contributed by atoms with van der Waals surface area (Å²) in [7, 11) is 0. The highest BCUT2D eigenvalue weighted by molar-refractivity contribution is 7.98. The second-order valence-corrected chi connectivity index (χ2v) is 14.7. The summed E-state index contributed by atoms with van der Waals surface area (Å²) in [6, 6.07) is 3.07. The van der Waals surface area contributed by atoms with Gasteiger partial charge >= 0.3 is 24.5 Å². The number of nitrogens with zero attached hydrogens (tertiary/aromatic N) is 4. The van der Waals surface area contributed by atoms with Gasteiger partial charge in [0.05, 0.1) is 47.7 Å². The van der Waals surface area contributed by atoms with Crippen LogP contribution in [0.5, 0.6) is 5.75 Å². The number of aromatic nitrogens is 2. The van der Waals surface area contributed by atoms with Crippen LogP contribution < -0.4 is 14.5 Å². The molecule has 0 amide bonds. The molecule has 304 valence electrons. The molecule has 1 aliphatic carbocycles. The number of carbonyl (C=O) groups is 1. The molecule has 17 heteroatoms. The average molecular weight is 809 g/mol. The van der Waals surface area contributed by atoms with E-state index < -0.39 is 65.3 Å². The second kappa shape index (κ2) is 18.4. The van der Waals surface area contributed by atoms with Gasteiger partial charge in [0, 0.05) is 31.1 Å². The molecule has 1 N–H and O–H groups in total. The third kappa shape index (κ3) is 11.6. The number of rotatable bonds is 16. The van der Waals surface area contributed by atoms with Gasteiger partial charge in [0.2, 0.25) is 5.95 Å². The lowest BCUT2D eigenvalue weighted by Crippen LogP contribution is -2.35. The number of carboxylic acid groups (broad SMARTS) is 1. The van der Waals surface area contributed by atoms with Gasteiger partial charge in [0.15, 0.2) is 5.75 Å². The molecule has 2 aromatic carbocycles. The number of hydrogen-bond donors (Lipinski definition) is 1. The van der Waals surface area contributed by atoms with E-state index in [2.05, 4.69) is 9.97 Å². The van der Waals surface area contributed by atoms with E-state index in [0.29, 0.717) is 75.4 Å². The van der Waals surface area contributed by atoms with E-state index in [-0.39, 0.29) is 35.2 Å². The molecule has 1 fully saturated rings. The van der Waals surface area contributed by atoms with Crippen molar-refractivity contribution in [2.24, 2.45) is 17.8 Å². The Kier molecular flexibility index (Phi) is 14.6. The topological polar surface area (TPSA) is 78.8 Å². The summed E-state index contributed by atoms with van der Waals surface area (Å²) in [5, 5.41) is 9.65. The van der Waals surface area contributed by atoms with Gasteiger partial charge in [-0.3, -0.25) is 4.79 Å². The Morgan fingerprint density at radius 2 is 1.47 bits per heavy atom. The van der Waals surface area contributed by atoms with Crippen LogP contribution in [0.15, 0.2) is 48.8 Å². The number of anilines is 2. The van der Waals surface area contributed by atoms with Crippen molar-refractivity contribution in [1.29, 1.82) is 0 Å². The van der Waals surface area contributed by atoms with Crippen molar-refractivity contribution in [2.75, 3.05) is 41.5 Å². The second-order valence-electron chi connectivity index (χ2n) is 13.7. The van der Waals surface area contributed by atoms with Crippen molar-refractivity contribution < 1.29 is 54.2 Å². The molecule has 55 heavy (non-hydrogen) atoms. The maximum Gasteiger partial charge on any atom is 0.416 e. The van der Waals surface area contributed by atoms with E-state index in [1.165, 1.54) is 42.0 Å². The quantitative estimate of drug-likeness (QED) is 0.113. The van der Waals surface area contributed by atoms with Crippen molar-refractivity contribution in [3.8, 4) is 5.75 Å². The van der Waals surface area contributed by atoms with Crippen LogP contribution in [0.3, 0.4) is 0 Å². The Labute approximate surface area is 318 Å². The van der Waals surface area contributed by atoms with E-state index in [0.717, 1.165) is 12.1 Å². The van der Waals surface area contributed by atoms with Crippen LogP contribution in [-0.4, -0.2) is 52.7 Å². The molecule has 2 atom stereocenters. The zero-order valence-electron chi connectivity index (χ0n) is 30.9. The Morgan fingerprint density at radius 3 is 1.96 bits per heavy atom. The SMILES string of the molecule is CCC(C(=O)O)C1CCC(CN(CC)c2ccc(C(F)(F)F)cc2CN(c2ncc(OCCSC)cn2)C(C)c2cc(C(F)(F)F)cc(C(F)(F)F)c2)CC1. The lowest BCUT2D eigenvalue weighted by atomic mass is 9.75. The molecule has 0 bridgehead atoms. The van der Waals surface area contributed by atoms with Crippen LogP contribution in [-0.2, 0) is 29.9 Å². The molecule has 4 rings (SSSR count). The van der Waals surface area contributed by atoms with Gasteiger partial charge in [-0.25, -0.2) is 9.97 Å².